The standard InChI is InChI=1S/C23H32N4O3S/c1-17-12-14-24-23(25-17)27-15-13-21(26-31(2,28)29)22(27)16-30-20-10-8-19(9-11-20)18-6-4-3-5-7-18/h3-7,12,14,19-22,26H,8-11,13,15-16H2,1-2H3/t19-,20+,21-,22-/m0/s1. The van der Waals surface area contributed by atoms with Crippen molar-refractivity contribution in [3.05, 3.63) is 53.9 Å². The van der Waals surface area contributed by atoms with Gasteiger partial charge >= 0.3 is 0 Å². The Kier molecular flexibility index (Phi) is 6.89. The van der Waals surface area contributed by atoms with Gasteiger partial charge in [-0.1, -0.05) is 30.3 Å². The van der Waals surface area contributed by atoms with Crippen LogP contribution in [0.3, 0.4) is 0 Å². The van der Waals surface area contributed by atoms with Crippen LogP contribution >= 0.6 is 0 Å². The van der Waals surface area contributed by atoms with Crippen LogP contribution in [-0.2, 0) is 14.8 Å². The number of benzene rings is 1. The fourth-order valence-electron chi connectivity index (χ4n) is 4.82. The number of rotatable bonds is 7. The molecule has 1 aliphatic carbocycles. The molecule has 7 nitrogen and oxygen atoms in total. The van der Waals surface area contributed by atoms with Crippen molar-refractivity contribution in [3.8, 4) is 0 Å². The van der Waals surface area contributed by atoms with Crippen molar-refractivity contribution in [2.75, 3.05) is 24.3 Å². The maximum atomic E-state index is 11.9. The molecule has 1 aromatic carbocycles. The zero-order chi connectivity index (χ0) is 21.8. The quantitative estimate of drug-likeness (QED) is 0.707. The molecule has 0 radical (unpaired) electrons. The molecule has 0 spiro atoms. The van der Waals surface area contributed by atoms with E-state index in [4.69, 9.17) is 4.74 Å². The summed E-state index contributed by atoms with van der Waals surface area (Å²) in [5.41, 5.74) is 2.31. The molecule has 2 heterocycles. The zero-order valence-electron chi connectivity index (χ0n) is 18.3. The van der Waals surface area contributed by atoms with Crippen LogP contribution in [0.25, 0.3) is 0 Å². The number of anilines is 1. The van der Waals surface area contributed by atoms with Crippen LogP contribution in [0.4, 0.5) is 5.95 Å². The summed E-state index contributed by atoms with van der Waals surface area (Å²) >= 11 is 0. The second-order valence-corrected chi connectivity index (χ2v) is 10.5. The highest BCUT2D eigenvalue weighted by Crippen LogP contribution is 2.34. The van der Waals surface area contributed by atoms with Crippen molar-refractivity contribution < 1.29 is 13.2 Å². The highest BCUT2D eigenvalue weighted by atomic mass is 32.2. The van der Waals surface area contributed by atoms with Gasteiger partial charge in [0.2, 0.25) is 16.0 Å². The molecule has 1 aliphatic heterocycles. The van der Waals surface area contributed by atoms with Crippen LogP contribution in [0.2, 0.25) is 0 Å². The third-order valence-corrected chi connectivity index (χ3v) is 7.13. The van der Waals surface area contributed by atoms with Gasteiger partial charge in [-0.2, -0.15) is 0 Å². The van der Waals surface area contributed by atoms with E-state index in [1.807, 2.05) is 13.0 Å². The Morgan fingerprint density at radius 3 is 2.52 bits per heavy atom. The lowest BCUT2D eigenvalue weighted by Crippen LogP contribution is -2.48. The highest BCUT2D eigenvalue weighted by Gasteiger charge is 2.38. The predicted molar refractivity (Wildman–Crippen MR) is 122 cm³/mol. The van der Waals surface area contributed by atoms with Crippen LogP contribution < -0.4 is 9.62 Å². The first-order valence-corrected chi connectivity index (χ1v) is 13.0. The topological polar surface area (TPSA) is 84.4 Å². The summed E-state index contributed by atoms with van der Waals surface area (Å²) in [5, 5.41) is 0. The summed E-state index contributed by atoms with van der Waals surface area (Å²) in [7, 11) is -3.31. The predicted octanol–water partition coefficient (Wildman–Crippen LogP) is 3.02. The first-order valence-electron chi connectivity index (χ1n) is 11.1. The highest BCUT2D eigenvalue weighted by molar-refractivity contribution is 7.88. The molecule has 31 heavy (non-hydrogen) atoms. The van der Waals surface area contributed by atoms with Crippen LogP contribution in [0.15, 0.2) is 42.6 Å². The molecular weight excluding hydrogens is 412 g/mol. The normalized spacial score (nSPS) is 26.8. The van der Waals surface area contributed by atoms with Gasteiger partial charge in [0.05, 0.1) is 25.0 Å². The minimum atomic E-state index is -3.31. The summed E-state index contributed by atoms with van der Waals surface area (Å²) in [5.74, 6) is 1.24. The largest absolute Gasteiger partial charge is 0.376 e. The number of sulfonamides is 1. The number of aryl methyl sites for hydroxylation is 1. The SMILES string of the molecule is Cc1ccnc(N2CC[C@H](NS(C)(=O)=O)[C@@H]2CO[C@H]2CC[C@@H](c3ccccc3)CC2)n1. The van der Waals surface area contributed by atoms with Crippen LogP contribution in [0.1, 0.15) is 49.3 Å². The van der Waals surface area contributed by atoms with E-state index in [9.17, 15) is 8.42 Å². The van der Waals surface area contributed by atoms with Crippen LogP contribution in [0, 0.1) is 6.92 Å². The molecule has 8 heteroatoms. The molecule has 1 aromatic heterocycles. The number of hydrogen-bond acceptors (Lipinski definition) is 6. The number of nitrogens with one attached hydrogen (secondary N) is 1. The minimum Gasteiger partial charge on any atom is -0.376 e. The van der Waals surface area contributed by atoms with Crippen molar-refractivity contribution in [3.63, 3.8) is 0 Å². The zero-order valence-corrected chi connectivity index (χ0v) is 19.1. The third-order valence-electron chi connectivity index (χ3n) is 6.40. The second kappa shape index (κ2) is 9.63. The fourth-order valence-corrected chi connectivity index (χ4v) is 5.64. The summed E-state index contributed by atoms with van der Waals surface area (Å²) < 4.78 is 32.9. The van der Waals surface area contributed by atoms with Gasteiger partial charge in [-0.15, -0.1) is 0 Å². The average Bonchev–Trinajstić information content (AvgIpc) is 3.14. The first kappa shape index (κ1) is 22.2. The monoisotopic (exact) mass is 444 g/mol. The maximum Gasteiger partial charge on any atom is 0.225 e. The Morgan fingerprint density at radius 2 is 1.84 bits per heavy atom. The Labute approximate surface area is 185 Å². The second-order valence-electron chi connectivity index (χ2n) is 8.76. The minimum absolute atomic E-state index is 0.122. The van der Waals surface area contributed by atoms with Gasteiger partial charge < -0.3 is 9.64 Å². The number of ether oxygens (including phenoxy) is 1. The molecule has 1 N–H and O–H groups in total. The molecule has 2 atom stereocenters. The van der Waals surface area contributed by atoms with E-state index >= 15 is 0 Å². The molecule has 0 bridgehead atoms. The van der Waals surface area contributed by atoms with E-state index in [1.165, 1.54) is 11.8 Å². The van der Waals surface area contributed by atoms with Gasteiger partial charge in [-0.3, -0.25) is 0 Å². The Balaban J connectivity index is 1.39. The molecule has 2 aromatic rings. The summed E-state index contributed by atoms with van der Waals surface area (Å²) in [6, 6.07) is 12.2. The van der Waals surface area contributed by atoms with Crippen LogP contribution in [-0.4, -0.2) is 56.0 Å². The third kappa shape index (κ3) is 5.81. The lowest BCUT2D eigenvalue weighted by atomic mass is 9.83. The average molecular weight is 445 g/mol. The van der Waals surface area contributed by atoms with Crippen molar-refractivity contribution in [1.29, 1.82) is 0 Å². The van der Waals surface area contributed by atoms with E-state index in [1.54, 1.807) is 6.20 Å². The molecule has 0 unspecified atom stereocenters. The van der Waals surface area contributed by atoms with Gasteiger partial charge in [0, 0.05) is 24.5 Å². The number of hydrogen-bond donors (Lipinski definition) is 1. The van der Waals surface area contributed by atoms with Crippen molar-refractivity contribution >= 4 is 16.0 Å². The molecule has 0 amide bonds. The molecule has 4 rings (SSSR count). The van der Waals surface area contributed by atoms with E-state index in [0.29, 0.717) is 31.4 Å². The van der Waals surface area contributed by atoms with Gasteiger partial charge in [-0.25, -0.2) is 23.1 Å². The Morgan fingerprint density at radius 1 is 1.10 bits per heavy atom. The van der Waals surface area contributed by atoms with Gasteiger partial charge in [0.25, 0.3) is 0 Å². The fraction of sp³-hybridized carbons (Fsp3) is 0.565. The van der Waals surface area contributed by atoms with Crippen molar-refractivity contribution in [2.24, 2.45) is 0 Å². The summed E-state index contributed by atoms with van der Waals surface area (Å²) in [6.45, 7) is 3.10. The molecule has 2 aliphatic rings. The Hall–Kier alpha value is -2.03. The van der Waals surface area contributed by atoms with E-state index in [2.05, 4.69) is 49.9 Å². The molecule has 2 fully saturated rings. The summed E-state index contributed by atoms with van der Waals surface area (Å²) in [4.78, 5) is 11.1. The van der Waals surface area contributed by atoms with Gasteiger partial charge in [-0.05, 0) is 56.6 Å². The lowest BCUT2D eigenvalue weighted by Gasteiger charge is -2.33. The van der Waals surface area contributed by atoms with Crippen LogP contribution in [0.5, 0.6) is 0 Å². The van der Waals surface area contributed by atoms with E-state index in [0.717, 1.165) is 31.4 Å². The van der Waals surface area contributed by atoms with Crippen molar-refractivity contribution in [1.82, 2.24) is 14.7 Å². The Bertz CT molecular complexity index is 962. The lowest BCUT2D eigenvalue weighted by molar-refractivity contribution is 0.0155. The number of aromatic nitrogens is 2. The molecule has 1 saturated carbocycles. The summed E-state index contributed by atoms with van der Waals surface area (Å²) in [6.07, 6.45) is 8.16. The molecule has 1 saturated heterocycles. The molecular formula is C23H32N4O3S. The van der Waals surface area contributed by atoms with E-state index < -0.39 is 10.0 Å². The number of nitrogens with zero attached hydrogens (tertiary/aromatic N) is 3. The van der Waals surface area contributed by atoms with Gasteiger partial charge in [0.1, 0.15) is 0 Å². The smallest absolute Gasteiger partial charge is 0.225 e. The van der Waals surface area contributed by atoms with E-state index in [-0.39, 0.29) is 18.2 Å². The van der Waals surface area contributed by atoms with Crippen molar-refractivity contribution in [2.45, 2.75) is 63.1 Å². The maximum absolute atomic E-state index is 11.9. The molecule has 168 valence electrons. The first-order chi connectivity index (χ1) is 14.9. The van der Waals surface area contributed by atoms with Gasteiger partial charge in [0.15, 0.2) is 0 Å².